The number of nitrogens with zero attached hydrogens (tertiary/aromatic N) is 2. The maximum atomic E-state index is 4.23. The van der Waals surface area contributed by atoms with E-state index in [1.807, 2.05) is 24.7 Å². The van der Waals surface area contributed by atoms with Crippen molar-refractivity contribution in [3.8, 4) is 5.69 Å². The van der Waals surface area contributed by atoms with Crippen molar-refractivity contribution in [3.05, 3.63) is 47.0 Å². The zero-order valence-corrected chi connectivity index (χ0v) is 12.5. The van der Waals surface area contributed by atoms with Crippen molar-refractivity contribution in [1.29, 1.82) is 0 Å². The largest absolute Gasteiger partial charge is 0.306 e. The first-order valence-electron chi connectivity index (χ1n) is 5.98. The molecule has 1 heterocycles. The minimum atomic E-state index is 0.106. The summed E-state index contributed by atoms with van der Waals surface area (Å²) >= 11 is 3.45. The van der Waals surface area contributed by atoms with E-state index in [9.17, 15) is 0 Å². The number of nitrogens with one attached hydrogen (secondary N) is 1. The highest BCUT2D eigenvalue weighted by Crippen LogP contribution is 2.16. The molecule has 96 valence electrons. The van der Waals surface area contributed by atoms with Crippen molar-refractivity contribution in [2.45, 2.75) is 32.9 Å². The molecule has 0 aliphatic carbocycles. The van der Waals surface area contributed by atoms with Crippen LogP contribution in [0.15, 0.2) is 41.3 Å². The molecule has 0 aliphatic rings. The number of imidazole rings is 1. The van der Waals surface area contributed by atoms with Crippen LogP contribution in [0.2, 0.25) is 0 Å². The molecule has 2 aromatic rings. The molecule has 0 unspecified atom stereocenters. The van der Waals surface area contributed by atoms with Gasteiger partial charge in [0.25, 0.3) is 0 Å². The van der Waals surface area contributed by atoms with Gasteiger partial charge in [-0.2, -0.15) is 0 Å². The third kappa shape index (κ3) is 3.43. The van der Waals surface area contributed by atoms with E-state index in [0.717, 1.165) is 22.4 Å². The molecular weight excluding hydrogens is 290 g/mol. The summed E-state index contributed by atoms with van der Waals surface area (Å²) in [4.78, 5) is 4.23. The van der Waals surface area contributed by atoms with E-state index in [4.69, 9.17) is 0 Å². The van der Waals surface area contributed by atoms with E-state index in [-0.39, 0.29) is 5.54 Å². The van der Waals surface area contributed by atoms with Crippen LogP contribution in [0.1, 0.15) is 26.5 Å². The lowest BCUT2D eigenvalue weighted by molar-refractivity contribution is 0.419. The second-order valence-electron chi connectivity index (χ2n) is 5.33. The maximum Gasteiger partial charge on any atom is 0.0994 e. The van der Waals surface area contributed by atoms with Crippen LogP contribution in [0.5, 0.6) is 0 Å². The molecule has 0 saturated heterocycles. The fourth-order valence-electron chi connectivity index (χ4n) is 1.64. The molecule has 0 fully saturated rings. The van der Waals surface area contributed by atoms with Crippen LogP contribution in [0.25, 0.3) is 5.69 Å². The Kier molecular flexibility index (Phi) is 3.88. The van der Waals surface area contributed by atoms with Crippen molar-refractivity contribution in [1.82, 2.24) is 14.9 Å². The number of hydrogen-bond acceptors (Lipinski definition) is 2. The van der Waals surface area contributed by atoms with Crippen molar-refractivity contribution in [2.24, 2.45) is 0 Å². The summed E-state index contributed by atoms with van der Waals surface area (Å²) in [5.74, 6) is 0. The molecule has 18 heavy (non-hydrogen) atoms. The number of benzene rings is 1. The summed E-state index contributed by atoms with van der Waals surface area (Å²) in [5, 5.41) is 3.48. The minimum absolute atomic E-state index is 0.106. The quantitative estimate of drug-likeness (QED) is 0.940. The Morgan fingerprint density at radius 1 is 1.22 bits per heavy atom. The Morgan fingerprint density at radius 2 is 1.89 bits per heavy atom. The van der Waals surface area contributed by atoms with E-state index >= 15 is 0 Å². The van der Waals surface area contributed by atoms with E-state index < -0.39 is 0 Å². The second-order valence-corrected chi connectivity index (χ2v) is 6.25. The van der Waals surface area contributed by atoms with E-state index in [1.54, 1.807) is 0 Å². The smallest absolute Gasteiger partial charge is 0.0994 e. The molecule has 0 radical (unpaired) electrons. The van der Waals surface area contributed by atoms with Gasteiger partial charge in [0.2, 0.25) is 0 Å². The third-order valence-electron chi connectivity index (χ3n) is 2.62. The molecule has 0 aliphatic heterocycles. The molecule has 1 N–H and O–H groups in total. The average Bonchev–Trinajstić information content (AvgIpc) is 2.75. The highest BCUT2D eigenvalue weighted by molar-refractivity contribution is 9.10. The highest BCUT2D eigenvalue weighted by atomic mass is 79.9. The van der Waals surface area contributed by atoms with E-state index in [0.29, 0.717) is 0 Å². The Morgan fingerprint density at radius 3 is 2.50 bits per heavy atom. The van der Waals surface area contributed by atoms with Gasteiger partial charge in [0, 0.05) is 28.4 Å². The van der Waals surface area contributed by atoms with Gasteiger partial charge in [0.05, 0.1) is 12.0 Å². The lowest BCUT2D eigenvalue weighted by Crippen LogP contribution is -2.35. The van der Waals surface area contributed by atoms with Gasteiger partial charge in [-0.25, -0.2) is 4.98 Å². The van der Waals surface area contributed by atoms with Gasteiger partial charge in [0.15, 0.2) is 0 Å². The third-order valence-corrected chi connectivity index (χ3v) is 3.15. The molecule has 4 heteroatoms. The molecule has 2 rings (SSSR count). The number of halogens is 1. The standard InChI is InChI=1S/C14H18BrN3/c1-14(2,3)17-9-13-8-16-10-18(13)12-6-4-11(15)5-7-12/h4-8,10,17H,9H2,1-3H3. The Bertz CT molecular complexity index is 509. The van der Waals surface area contributed by atoms with Crippen LogP contribution in [-0.4, -0.2) is 15.1 Å². The summed E-state index contributed by atoms with van der Waals surface area (Å²) in [6.45, 7) is 7.29. The number of aromatic nitrogens is 2. The van der Waals surface area contributed by atoms with Crippen LogP contribution in [0.3, 0.4) is 0 Å². The van der Waals surface area contributed by atoms with E-state index in [2.05, 4.69) is 63.7 Å². The number of hydrogen-bond donors (Lipinski definition) is 1. The van der Waals surface area contributed by atoms with Crippen LogP contribution in [0, 0.1) is 0 Å². The molecule has 0 amide bonds. The van der Waals surface area contributed by atoms with Gasteiger partial charge < -0.3 is 9.88 Å². The van der Waals surface area contributed by atoms with Gasteiger partial charge in [-0.1, -0.05) is 15.9 Å². The van der Waals surface area contributed by atoms with E-state index in [1.165, 1.54) is 0 Å². The van der Waals surface area contributed by atoms with Gasteiger partial charge >= 0.3 is 0 Å². The van der Waals surface area contributed by atoms with Crippen molar-refractivity contribution < 1.29 is 0 Å². The molecule has 0 bridgehead atoms. The van der Waals surface area contributed by atoms with Gasteiger partial charge in [-0.3, -0.25) is 0 Å². The Hall–Kier alpha value is -1.13. The van der Waals surface area contributed by atoms with Crippen LogP contribution < -0.4 is 5.32 Å². The predicted octanol–water partition coefficient (Wildman–Crippen LogP) is 3.52. The fraction of sp³-hybridized carbons (Fsp3) is 0.357. The summed E-state index contributed by atoms with van der Waals surface area (Å²) < 4.78 is 3.19. The Balaban J connectivity index is 2.20. The normalized spacial score (nSPS) is 11.8. The topological polar surface area (TPSA) is 29.9 Å². The van der Waals surface area contributed by atoms with Crippen LogP contribution >= 0.6 is 15.9 Å². The monoisotopic (exact) mass is 307 g/mol. The molecule has 1 aromatic carbocycles. The second kappa shape index (κ2) is 5.24. The minimum Gasteiger partial charge on any atom is -0.306 e. The average molecular weight is 308 g/mol. The molecule has 0 spiro atoms. The molecule has 1 aromatic heterocycles. The fourth-order valence-corrected chi connectivity index (χ4v) is 1.91. The molecular formula is C14H18BrN3. The zero-order chi connectivity index (χ0) is 13.2. The lowest BCUT2D eigenvalue weighted by atomic mass is 10.1. The summed E-state index contributed by atoms with van der Waals surface area (Å²) in [6, 6.07) is 8.23. The van der Waals surface area contributed by atoms with Gasteiger partial charge in [0.1, 0.15) is 0 Å². The highest BCUT2D eigenvalue weighted by Gasteiger charge is 2.11. The molecule has 3 nitrogen and oxygen atoms in total. The summed E-state index contributed by atoms with van der Waals surface area (Å²) in [7, 11) is 0. The Labute approximate surface area is 116 Å². The van der Waals surface area contributed by atoms with Crippen LogP contribution in [-0.2, 0) is 6.54 Å². The summed E-state index contributed by atoms with van der Waals surface area (Å²) in [5.41, 5.74) is 2.39. The zero-order valence-electron chi connectivity index (χ0n) is 10.9. The van der Waals surface area contributed by atoms with Crippen molar-refractivity contribution in [3.63, 3.8) is 0 Å². The lowest BCUT2D eigenvalue weighted by Gasteiger charge is -2.21. The van der Waals surface area contributed by atoms with Crippen LogP contribution in [0.4, 0.5) is 0 Å². The van der Waals surface area contributed by atoms with Gasteiger partial charge in [-0.15, -0.1) is 0 Å². The first kappa shape index (κ1) is 13.3. The SMILES string of the molecule is CC(C)(C)NCc1cncn1-c1ccc(Br)cc1. The van der Waals surface area contributed by atoms with Crippen molar-refractivity contribution in [2.75, 3.05) is 0 Å². The number of rotatable bonds is 3. The molecule has 0 atom stereocenters. The summed E-state index contributed by atoms with van der Waals surface area (Å²) in [6.07, 6.45) is 3.75. The predicted molar refractivity (Wildman–Crippen MR) is 77.9 cm³/mol. The first-order valence-corrected chi connectivity index (χ1v) is 6.77. The first-order chi connectivity index (χ1) is 8.46. The van der Waals surface area contributed by atoms with Gasteiger partial charge in [-0.05, 0) is 45.0 Å². The van der Waals surface area contributed by atoms with Crippen molar-refractivity contribution >= 4 is 15.9 Å². The maximum absolute atomic E-state index is 4.23. The molecule has 0 saturated carbocycles.